The molecule has 0 aliphatic rings. The largest absolute Gasteiger partial charge is 0.481 e. The summed E-state index contributed by atoms with van der Waals surface area (Å²) < 4.78 is 3.09. The van der Waals surface area contributed by atoms with E-state index in [1.165, 1.54) is 5.56 Å². The predicted octanol–water partition coefficient (Wildman–Crippen LogP) is 3.10. The zero-order chi connectivity index (χ0) is 14.7. The molecule has 0 amide bonds. The maximum absolute atomic E-state index is 10.7. The molecular formula is C15H17BrN2O2. The van der Waals surface area contributed by atoms with Crippen molar-refractivity contribution in [1.29, 1.82) is 0 Å². The van der Waals surface area contributed by atoms with Gasteiger partial charge in [-0.3, -0.25) is 4.79 Å². The molecule has 0 saturated carbocycles. The molecule has 0 radical (unpaired) electrons. The lowest BCUT2D eigenvalue weighted by Crippen LogP contribution is -2.06. The van der Waals surface area contributed by atoms with Crippen LogP contribution in [0, 0.1) is 6.92 Å². The molecule has 0 aliphatic heterocycles. The van der Waals surface area contributed by atoms with Crippen molar-refractivity contribution in [3.05, 3.63) is 51.5 Å². The van der Waals surface area contributed by atoms with E-state index in [0.717, 1.165) is 28.1 Å². The standard InChI is InChI=1S/C15H17BrN2O2/c1-10-13(9-11-5-3-4-6-12(11)16)18(2)14(17-10)7-8-15(19)20/h3-6H,7-9H2,1-2H3,(H,19,20). The van der Waals surface area contributed by atoms with Gasteiger partial charge in [0.15, 0.2) is 0 Å². The summed E-state index contributed by atoms with van der Waals surface area (Å²) >= 11 is 3.55. The second-order valence-electron chi connectivity index (χ2n) is 4.78. The lowest BCUT2D eigenvalue weighted by atomic mass is 10.1. The van der Waals surface area contributed by atoms with Crippen LogP contribution in [0.4, 0.5) is 0 Å². The molecule has 1 aromatic heterocycles. The van der Waals surface area contributed by atoms with Gasteiger partial charge in [-0.25, -0.2) is 4.98 Å². The number of carboxylic acid groups (broad SMARTS) is 1. The van der Waals surface area contributed by atoms with Gasteiger partial charge in [0, 0.05) is 30.1 Å². The van der Waals surface area contributed by atoms with Crippen molar-refractivity contribution >= 4 is 21.9 Å². The van der Waals surface area contributed by atoms with E-state index in [1.54, 1.807) is 0 Å². The first-order valence-corrected chi connectivity index (χ1v) is 7.24. The number of rotatable bonds is 5. The van der Waals surface area contributed by atoms with Crippen LogP contribution >= 0.6 is 15.9 Å². The number of benzene rings is 1. The molecule has 0 saturated heterocycles. The van der Waals surface area contributed by atoms with Crippen LogP contribution in [-0.4, -0.2) is 20.6 Å². The van der Waals surface area contributed by atoms with Crippen molar-refractivity contribution < 1.29 is 9.90 Å². The SMILES string of the molecule is Cc1nc(CCC(=O)O)n(C)c1Cc1ccccc1Br. The van der Waals surface area contributed by atoms with Gasteiger partial charge in [-0.15, -0.1) is 0 Å². The Hall–Kier alpha value is -1.62. The highest BCUT2D eigenvalue weighted by Crippen LogP contribution is 2.22. The van der Waals surface area contributed by atoms with Crippen LogP contribution in [0.2, 0.25) is 0 Å². The first-order chi connectivity index (χ1) is 9.49. The Morgan fingerprint density at radius 3 is 2.75 bits per heavy atom. The van der Waals surface area contributed by atoms with Gasteiger partial charge in [-0.1, -0.05) is 34.1 Å². The van der Waals surface area contributed by atoms with Gasteiger partial charge < -0.3 is 9.67 Å². The fourth-order valence-corrected chi connectivity index (χ4v) is 2.67. The van der Waals surface area contributed by atoms with E-state index in [2.05, 4.69) is 27.0 Å². The van der Waals surface area contributed by atoms with E-state index < -0.39 is 5.97 Å². The predicted molar refractivity (Wildman–Crippen MR) is 80.8 cm³/mol. The van der Waals surface area contributed by atoms with Crippen LogP contribution in [0.3, 0.4) is 0 Å². The molecule has 0 atom stereocenters. The number of aliphatic carboxylic acids is 1. The normalized spacial score (nSPS) is 10.8. The Balaban J connectivity index is 2.24. The highest BCUT2D eigenvalue weighted by atomic mass is 79.9. The number of carbonyl (C=O) groups is 1. The molecule has 5 heteroatoms. The van der Waals surface area contributed by atoms with E-state index in [1.807, 2.05) is 36.7 Å². The number of hydrogen-bond donors (Lipinski definition) is 1. The minimum Gasteiger partial charge on any atom is -0.481 e. The summed E-state index contributed by atoms with van der Waals surface area (Å²) in [5.74, 6) is 0.0324. The monoisotopic (exact) mass is 336 g/mol. The van der Waals surface area contributed by atoms with Crippen LogP contribution in [0.25, 0.3) is 0 Å². The van der Waals surface area contributed by atoms with Gasteiger partial charge in [0.2, 0.25) is 0 Å². The van der Waals surface area contributed by atoms with Crippen molar-refractivity contribution in [1.82, 2.24) is 9.55 Å². The Morgan fingerprint density at radius 2 is 2.10 bits per heavy atom. The average Bonchev–Trinajstić information content (AvgIpc) is 2.66. The Kier molecular flexibility index (Phi) is 4.60. The molecule has 1 heterocycles. The zero-order valence-corrected chi connectivity index (χ0v) is 13.1. The Bertz CT molecular complexity index is 635. The van der Waals surface area contributed by atoms with E-state index in [4.69, 9.17) is 5.11 Å². The minimum absolute atomic E-state index is 0.110. The number of hydrogen-bond acceptors (Lipinski definition) is 2. The molecule has 1 N–H and O–H groups in total. The Morgan fingerprint density at radius 1 is 1.40 bits per heavy atom. The fourth-order valence-electron chi connectivity index (χ4n) is 2.24. The second kappa shape index (κ2) is 6.22. The fraction of sp³-hybridized carbons (Fsp3) is 0.333. The zero-order valence-electron chi connectivity index (χ0n) is 11.6. The average molecular weight is 337 g/mol. The first kappa shape index (κ1) is 14.8. The molecule has 0 spiro atoms. The van der Waals surface area contributed by atoms with Gasteiger partial charge in [-0.05, 0) is 18.6 Å². The van der Waals surface area contributed by atoms with E-state index in [0.29, 0.717) is 6.42 Å². The number of halogens is 1. The third-order valence-corrected chi connectivity index (χ3v) is 4.16. The van der Waals surface area contributed by atoms with E-state index >= 15 is 0 Å². The van der Waals surface area contributed by atoms with Crippen molar-refractivity contribution in [2.24, 2.45) is 7.05 Å². The Labute approximate surface area is 126 Å². The maximum Gasteiger partial charge on any atom is 0.303 e. The quantitative estimate of drug-likeness (QED) is 0.912. The molecule has 4 nitrogen and oxygen atoms in total. The molecule has 2 aromatic rings. The highest BCUT2D eigenvalue weighted by Gasteiger charge is 2.13. The van der Waals surface area contributed by atoms with Crippen molar-refractivity contribution in [3.63, 3.8) is 0 Å². The van der Waals surface area contributed by atoms with Crippen molar-refractivity contribution in [3.8, 4) is 0 Å². The minimum atomic E-state index is -0.794. The summed E-state index contributed by atoms with van der Waals surface area (Å²) in [5, 5.41) is 8.77. The highest BCUT2D eigenvalue weighted by molar-refractivity contribution is 9.10. The molecule has 0 aliphatic carbocycles. The van der Waals surface area contributed by atoms with E-state index in [-0.39, 0.29) is 6.42 Å². The van der Waals surface area contributed by atoms with Crippen LogP contribution in [0.15, 0.2) is 28.7 Å². The summed E-state index contributed by atoms with van der Waals surface area (Å²) in [6.07, 6.45) is 1.35. The number of aromatic nitrogens is 2. The van der Waals surface area contributed by atoms with Crippen molar-refractivity contribution in [2.75, 3.05) is 0 Å². The van der Waals surface area contributed by atoms with Crippen molar-refractivity contribution in [2.45, 2.75) is 26.2 Å². The molecule has 0 unspecified atom stereocenters. The molecule has 20 heavy (non-hydrogen) atoms. The van der Waals surface area contributed by atoms with Gasteiger partial charge in [-0.2, -0.15) is 0 Å². The molecule has 106 valence electrons. The third kappa shape index (κ3) is 3.28. The van der Waals surface area contributed by atoms with Gasteiger partial charge in [0.1, 0.15) is 5.82 Å². The number of imidazole rings is 1. The van der Waals surface area contributed by atoms with Gasteiger partial charge in [0.05, 0.1) is 12.1 Å². The maximum atomic E-state index is 10.7. The second-order valence-corrected chi connectivity index (χ2v) is 5.64. The van der Waals surface area contributed by atoms with Gasteiger partial charge in [0.25, 0.3) is 0 Å². The summed E-state index contributed by atoms with van der Waals surface area (Å²) in [4.78, 5) is 15.2. The molecule has 0 fully saturated rings. The summed E-state index contributed by atoms with van der Waals surface area (Å²) in [5.41, 5.74) is 3.28. The molecule has 0 bridgehead atoms. The van der Waals surface area contributed by atoms with Crippen LogP contribution in [-0.2, 0) is 24.7 Å². The van der Waals surface area contributed by atoms with Crippen LogP contribution in [0.1, 0.15) is 29.2 Å². The summed E-state index contributed by atoms with van der Waals surface area (Å²) in [6.45, 7) is 1.97. The topological polar surface area (TPSA) is 55.1 Å². The summed E-state index contributed by atoms with van der Waals surface area (Å²) in [7, 11) is 1.95. The lowest BCUT2D eigenvalue weighted by molar-refractivity contribution is -0.137. The molecular weight excluding hydrogens is 320 g/mol. The summed E-state index contributed by atoms with van der Waals surface area (Å²) in [6, 6.07) is 8.10. The molecule has 1 aromatic carbocycles. The van der Waals surface area contributed by atoms with E-state index in [9.17, 15) is 4.79 Å². The van der Waals surface area contributed by atoms with Gasteiger partial charge >= 0.3 is 5.97 Å². The number of carboxylic acids is 1. The van der Waals surface area contributed by atoms with Crippen LogP contribution in [0.5, 0.6) is 0 Å². The van der Waals surface area contributed by atoms with Crippen LogP contribution < -0.4 is 0 Å². The number of aryl methyl sites for hydroxylation is 2. The lowest BCUT2D eigenvalue weighted by Gasteiger charge is -2.08. The molecule has 2 rings (SSSR count). The first-order valence-electron chi connectivity index (χ1n) is 6.45. The smallest absolute Gasteiger partial charge is 0.303 e. The third-order valence-electron chi connectivity index (χ3n) is 3.38. The number of nitrogens with zero attached hydrogens (tertiary/aromatic N) is 2.